The van der Waals surface area contributed by atoms with E-state index in [1.165, 1.54) is 16.8 Å². The van der Waals surface area contributed by atoms with Crippen LogP contribution in [0.4, 0.5) is 5.69 Å². The smallest absolute Gasteiger partial charge is 0.0372 e. The van der Waals surface area contributed by atoms with Gasteiger partial charge in [0.2, 0.25) is 0 Å². The first-order chi connectivity index (χ1) is 5.27. The number of hydrogen-bond acceptors (Lipinski definition) is 1. The first-order valence-corrected chi connectivity index (χ1v) is 4.05. The van der Waals surface area contributed by atoms with Crippen molar-refractivity contribution in [2.45, 2.75) is 20.3 Å². The van der Waals surface area contributed by atoms with Gasteiger partial charge in [-0.3, -0.25) is 0 Å². The fraction of sp³-hybridized carbons (Fsp3) is 0.400. The minimum Gasteiger partial charge on any atom is -0.388 e. The van der Waals surface area contributed by atoms with Crippen molar-refractivity contribution >= 4 is 5.69 Å². The van der Waals surface area contributed by atoms with Gasteiger partial charge < -0.3 is 5.32 Å². The Balaban J connectivity index is 3.06. The minimum absolute atomic E-state index is 1.09. The molecule has 0 aliphatic carbocycles. The number of hydrogen-bond donors (Lipinski definition) is 1. The van der Waals surface area contributed by atoms with Gasteiger partial charge in [-0.2, -0.15) is 0 Å². The van der Waals surface area contributed by atoms with Crippen LogP contribution in [-0.2, 0) is 6.42 Å². The Hall–Kier alpha value is -0.980. The van der Waals surface area contributed by atoms with Crippen molar-refractivity contribution in [3.05, 3.63) is 29.3 Å². The van der Waals surface area contributed by atoms with Gasteiger partial charge in [0.15, 0.2) is 0 Å². The number of nitrogens with one attached hydrogen (secondary N) is 1. The first-order valence-electron chi connectivity index (χ1n) is 4.05. The van der Waals surface area contributed by atoms with Gasteiger partial charge >= 0.3 is 0 Å². The monoisotopic (exact) mass is 149 g/mol. The Morgan fingerprint density at radius 2 is 2.09 bits per heavy atom. The third kappa shape index (κ3) is 1.73. The van der Waals surface area contributed by atoms with E-state index in [2.05, 4.69) is 37.4 Å². The average Bonchev–Trinajstić information content (AvgIpc) is 2.04. The van der Waals surface area contributed by atoms with Crippen molar-refractivity contribution < 1.29 is 0 Å². The van der Waals surface area contributed by atoms with Crippen molar-refractivity contribution in [3.8, 4) is 0 Å². The van der Waals surface area contributed by atoms with Gasteiger partial charge in [0.25, 0.3) is 0 Å². The van der Waals surface area contributed by atoms with Gasteiger partial charge in [-0.15, -0.1) is 0 Å². The molecule has 1 N–H and O–H groups in total. The van der Waals surface area contributed by atoms with E-state index in [0.29, 0.717) is 0 Å². The molecule has 1 nitrogen and oxygen atoms in total. The van der Waals surface area contributed by atoms with Crippen molar-refractivity contribution in [1.29, 1.82) is 0 Å². The molecule has 0 aliphatic rings. The molecule has 0 aliphatic heterocycles. The van der Waals surface area contributed by atoms with Gasteiger partial charge in [0, 0.05) is 12.7 Å². The number of rotatable bonds is 2. The third-order valence-corrected chi connectivity index (χ3v) is 1.92. The molecule has 11 heavy (non-hydrogen) atoms. The molecule has 0 saturated carbocycles. The van der Waals surface area contributed by atoms with Crippen molar-refractivity contribution in [2.24, 2.45) is 0 Å². The van der Waals surface area contributed by atoms with E-state index >= 15 is 0 Å². The Kier molecular flexibility index (Phi) is 2.53. The largest absolute Gasteiger partial charge is 0.388 e. The lowest BCUT2D eigenvalue weighted by molar-refractivity contribution is 1.13. The minimum atomic E-state index is 1.09. The molecule has 1 aromatic carbocycles. The molecule has 1 rings (SSSR count). The molecule has 0 bridgehead atoms. The highest BCUT2D eigenvalue weighted by atomic mass is 14.8. The topological polar surface area (TPSA) is 12.0 Å². The summed E-state index contributed by atoms with van der Waals surface area (Å²) in [4.78, 5) is 0. The van der Waals surface area contributed by atoms with E-state index in [0.717, 1.165) is 6.42 Å². The van der Waals surface area contributed by atoms with Crippen LogP contribution in [0, 0.1) is 6.92 Å². The van der Waals surface area contributed by atoms with E-state index < -0.39 is 0 Å². The Morgan fingerprint density at radius 3 is 2.64 bits per heavy atom. The lowest BCUT2D eigenvalue weighted by atomic mass is 10.1. The van der Waals surface area contributed by atoms with Gasteiger partial charge in [-0.1, -0.05) is 19.1 Å². The summed E-state index contributed by atoms with van der Waals surface area (Å²) < 4.78 is 0. The predicted molar refractivity (Wildman–Crippen MR) is 50.1 cm³/mol. The van der Waals surface area contributed by atoms with E-state index in [1.807, 2.05) is 7.05 Å². The normalized spacial score (nSPS) is 9.73. The molecule has 1 aromatic rings. The molecule has 0 fully saturated rings. The summed E-state index contributed by atoms with van der Waals surface area (Å²) in [5.74, 6) is 0. The highest BCUT2D eigenvalue weighted by Gasteiger charge is 1.96. The van der Waals surface area contributed by atoms with Crippen LogP contribution >= 0.6 is 0 Å². The number of benzene rings is 1. The summed E-state index contributed by atoms with van der Waals surface area (Å²) in [6.07, 6.45) is 1.09. The fourth-order valence-electron chi connectivity index (χ4n) is 1.23. The summed E-state index contributed by atoms with van der Waals surface area (Å²) in [5.41, 5.74) is 3.96. The Bertz CT molecular complexity index is 241. The maximum atomic E-state index is 3.19. The van der Waals surface area contributed by atoms with Crippen LogP contribution in [0.2, 0.25) is 0 Å². The zero-order chi connectivity index (χ0) is 8.27. The molecule has 0 atom stereocenters. The van der Waals surface area contributed by atoms with E-state index in [1.54, 1.807) is 0 Å². The second-order valence-corrected chi connectivity index (χ2v) is 2.76. The van der Waals surface area contributed by atoms with Crippen molar-refractivity contribution in [3.63, 3.8) is 0 Å². The first kappa shape index (κ1) is 8.12. The number of aryl methyl sites for hydroxylation is 2. The second-order valence-electron chi connectivity index (χ2n) is 2.76. The van der Waals surface area contributed by atoms with Gasteiger partial charge in [0.05, 0.1) is 0 Å². The third-order valence-electron chi connectivity index (χ3n) is 1.92. The quantitative estimate of drug-likeness (QED) is 0.681. The predicted octanol–water partition coefficient (Wildman–Crippen LogP) is 2.60. The highest BCUT2D eigenvalue weighted by molar-refractivity contribution is 5.52. The van der Waals surface area contributed by atoms with Crippen LogP contribution in [0.1, 0.15) is 18.1 Å². The summed E-state index contributed by atoms with van der Waals surface area (Å²) in [5, 5.41) is 3.19. The highest BCUT2D eigenvalue weighted by Crippen LogP contribution is 2.16. The van der Waals surface area contributed by atoms with Crippen LogP contribution in [0.25, 0.3) is 0 Å². The zero-order valence-electron chi connectivity index (χ0n) is 7.44. The maximum Gasteiger partial charge on any atom is 0.0372 e. The van der Waals surface area contributed by atoms with E-state index in [-0.39, 0.29) is 0 Å². The van der Waals surface area contributed by atoms with Gasteiger partial charge in [-0.05, 0) is 30.5 Å². The Labute approximate surface area is 68.4 Å². The Morgan fingerprint density at radius 1 is 1.36 bits per heavy atom. The molecule has 0 unspecified atom stereocenters. The van der Waals surface area contributed by atoms with Crippen LogP contribution in [0.3, 0.4) is 0 Å². The molecule has 0 radical (unpaired) electrons. The molecule has 60 valence electrons. The van der Waals surface area contributed by atoms with Crippen LogP contribution in [-0.4, -0.2) is 7.05 Å². The summed E-state index contributed by atoms with van der Waals surface area (Å²) in [6, 6.07) is 6.51. The van der Waals surface area contributed by atoms with Crippen LogP contribution < -0.4 is 5.32 Å². The SMILES string of the molecule is CCc1ccc(C)cc1NC. The molecule has 0 heterocycles. The fourth-order valence-corrected chi connectivity index (χ4v) is 1.23. The van der Waals surface area contributed by atoms with Gasteiger partial charge in [-0.25, -0.2) is 0 Å². The number of anilines is 1. The average molecular weight is 149 g/mol. The standard InChI is InChI=1S/C10H15N/c1-4-9-6-5-8(2)7-10(9)11-3/h5-7,11H,4H2,1-3H3. The van der Waals surface area contributed by atoms with Crippen molar-refractivity contribution in [1.82, 2.24) is 0 Å². The van der Waals surface area contributed by atoms with Crippen LogP contribution in [0.15, 0.2) is 18.2 Å². The lowest BCUT2D eigenvalue weighted by Crippen LogP contribution is -1.94. The molecule has 0 aromatic heterocycles. The molecular formula is C10H15N. The molecule has 1 heteroatoms. The zero-order valence-corrected chi connectivity index (χ0v) is 7.44. The maximum absolute atomic E-state index is 3.19. The summed E-state index contributed by atoms with van der Waals surface area (Å²) in [7, 11) is 1.97. The molecule has 0 saturated heterocycles. The molecule has 0 spiro atoms. The van der Waals surface area contributed by atoms with Crippen molar-refractivity contribution in [2.75, 3.05) is 12.4 Å². The van der Waals surface area contributed by atoms with E-state index in [4.69, 9.17) is 0 Å². The molecular weight excluding hydrogens is 134 g/mol. The van der Waals surface area contributed by atoms with Gasteiger partial charge in [0.1, 0.15) is 0 Å². The van der Waals surface area contributed by atoms with E-state index in [9.17, 15) is 0 Å². The molecule has 0 amide bonds. The summed E-state index contributed by atoms with van der Waals surface area (Å²) >= 11 is 0. The van der Waals surface area contributed by atoms with Crippen LogP contribution in [0.5, 0.6) is 0 Å². The second kappa shape index (κ2) is 3.42. The summed E-state index contributed by atoms with van der Waals surface area (Å²) in [6.45, 7) is 4.28. The lowest BCUT2D eigenvalue weighted by Gasteiger charge is -2.07.